The molecule has 0 atom stereocenters. The van der Waals surface area contributed by atoms with Crippen molar-refractivity contribution in [1.29, 1.82) is 0 Å². The van der Waals surface area contributed by atoms with E-state index >= 15 is 0 Å². The maximum atomic E-state index is 5.49. The number of rotatable bonds is 6. The van der Waals surface area contributed by atoms with Crippen molar-refractivity contribution < 1.29 is 0 Å². The van der Waals surface area contributed by atoms with Crippen molar-refractivity contribution in [3.63, 3.8) is 0 Å². The first-order chi connectivity index (χ1) is 6.86. The summed E-state index contributed by atoms with van der Waals surface area (Å²) in [5.74, 6) is 0.814. The molecule has 0 bridgehead atoms. The third kappa shape index (κ3) is 3.78. The largest absolute Gasteiger partial charge is 0.329 e. The summed E-state index contributed by atoms with van der Waals surface area (Å²) in [7, 11) is 0. The van der Waals surface area contributed by atoms with Crippen LogP contribution in [-0.4, -0.2) is 41.0 Å². The molecule has 0 aliphatic rings. The molecule has 5 nitrogen and oxygen atoms in total. The zero-order chi connectivity index (χ0) is 10.2. The summed E-state index contributed by atoms with van der Waals surface area (Å²) in [6.45, 7) is 3.64. The molecule has 0 unspecified atom stereocenters. The van der Waals surface area contributed by atoms with Crippen LogP contribution in [0.2, 0.25) is 0 Å². The van der Waals surface area contributed by atoms with E-state index in [1.165, 1.54) is 0 Å². The van der Waals surface area contributed by atoms with E-state index in [-0.39, 0.29) is 0 Å². The highest BCUT2D eigenvalue weighted by Gasteiger charge is 2.04. The Bertz CT molecular complexity index is 232. The summed E-state index contributed by atoms with van der Waals surface area (Å²) >= 11 is 0. The Morgan fingerprint density at radius 1 is 1.07 bits per heavy atom. The van der Waals surface area contributed by atoms with Gasteiger partial charge in [0.15, 0.2) is 0 Å². The lowest BCUT2D eigenvalue weighted by atomic mass is 10.4. The Kier molecular flexibility index (Phi) is 5.06. The van der Waals surface area contributed by atoms with Crippen molar-refractivity contribution in [2.45, 2.75) is 6.54 Å². The standard InChI is InChI=1S/C9H17N5/c10-2-6-14(7-3-11)8-9-12-4-1-5-13-9/h1,4-5H,2-3,6-8,10-11H2. The highest BCUT2D eigenvalue weighted by molar-refractivity contribution is 4.88. The number of hydrogen-bond donors (Lipinski definition) is 2. The lowest BCUT2D eigenvalue weighted by molar-refractivity contribution is 0.274. The van der Waals surface area contributed by atoms with Gasteiger partial charge in [-0.2, -0.15) is 0 Å². The average Bonchev–Trinajstić information content (AvgIpc) is 2.20. The first-order valence-corrected chi connectivity index (χ1v) is 4.75. The molecule has 78 valence electrons. The Labute approximate surface area is 84.1 Å². The quantitative estimate of drug-likeness (QED) is 0.621. The fourth-order valence-corrected chi connectivity index (χ4v) is 1.25. The van der Waals surface area contributed by atoms with Gasteiger partial charge in [0, 0.05) is 38.6 Å². The van der Waals surface area contributed by atoms with Gasteiger partial charge in [-0.15, -0.1) is 0 Å². The van der Waals surface area contributed by atoms with Crippen LogP contribution in [0.1, 0.15) is 5.82 Å². The van der Waals surface area contributed by atoms with Gasteiger partial charge in [-0.1, -0.05) is 0 Å². The van der Waals surface area contributed by atoms with E-state index in [1.54, 1.807) is 18.5 Å². The van der Waals surface area contributed by atoms with Crippen LogP contribution in [0.3, 0.4) is 0 Å². The highest BCUT2D eigenvalue weighted by atomic mass is 15.2. The van der Waals surface area contributed by atoms with E-state index in [0.29, 0.717) is 13.1 Å². The van der Waals surface area contributed by atoms with Crippen LogP contribution < -0.4 is 11.5 Å². The van der Waals surface area contributed by atoms with Crippen LogP contribution in [0.5, 0.6) is 0 Å². The Morgan fingerprint density at radius 2 is 1.64 bits per heavy atom. The zero-order valence-electron chi connectivity index (χ0n) is 8.26. The molecule has 0 saturated carbocycles. The number of aromatic nitrogens is 2. The number of hydrogen-bond acceptors (Lipinski definition) is 5. The van der Waals surface area contributed by atoms with Crippen molar-refractivity contribution in [2.24, 2.45) is 11.5 Å². The first-order valence-electron chi connectivity index (χ1n) is 4.75. The summed E-state index contributed by atoms with van der Waals surface area (Å²) in [5.41, 5.74) is 11.0. The molecule has 0 aromatic carbocycles. The molecule has 0 aliphatic heterocycles. The minimum atomic E-state index is 0.632. The van der Waals surface area contributed by atoms with Gasteiger partial charge in [0.05, 0.1) is 6.54 Å². The topological polar surface area (TPSA) is 81.1 Å². The Morgan fingerprint density at radius 3 is 2.14 bits per heavy atom. The van der Waals surface area contributed by atoms with Gasteiger partial charge in [-0.25, -0.2) is 9.97 Å². The van der Waals surface area contributed by atoms with Gasteiger partial charge in [0.2, 0.25) is 0 Å². The minimum Gasteiger partial charge on any atom is -0.329 e. The molecule has 0 fully saturated rings. The van der Waals surface area contributed by atoms with Gasteiger partial charge in [0.25, 0.3) is 0 Å². The Hall–Kier alpha value is -1.04. The number of nitrogens with two attached hydrogens (primary N) is 2. The smallest absolute Gasteiger partial charge is 0.142 e. The van der Waals surface area contributed by atoms with Crippen LogP contribution in [-0.2, 0) is 6.54 Å². The third-order valence-corrected chi connectivity index (χ3v) is 1.87. The molecular weight excluding hydrogens is 178 g/mol. The second-order valence-electron chi connectivity index (χ2n) is 3.02. The van der Waals surface area contributed by atoms with Gasteiger partial charge in [-0.3, -0.25) is 4.90 Å². The highest BCUT2D eigenvalue weighted by Crippen LogP contribution is 1.95. The summed E-state index contributed by atoms with van der Waals surface area (Å²) in [6, 6.07) is 1.81. The summed E-state index contributed by atoms with van der Waals surface area (Å²) in [5, 5.41) is 0. The fraction of sp³-hybridized carbons (Fsp3) is 0.556. The molecular formula is C9H17N5. The van der Waals surface area contributed by atoms with Crippen molar-refractivity contribution in [3.8, 4) is 0 Å². The second-order valence-corrected chi connectivity index (χ2v) is 3.02. The molecule has 0 radical (unpaired) electrons. The average molecular weight is 195 g/mol. The van der Waals surface area contributed by atoms with Crippen LogP contribution in [0.15, 0.2) is 18.5 Å². The molecule has 4 N–H and O–H groups in total. The maximum absolute atomic E-state index is 5.49. The molecule has 1 aromatic rings. The minimum absolute atomic E-state index is 0.632. The molecule has 1 heterocycles. The number of nitrogens with zero attached hydrogens (tertiary/aromatic N) is 3. The first kappa shape index (κ1) is 11.0. The molecule has 0 aliphatic carbocycles. The van der Waals surface area contributed by atoms with Crippen LogP contribution in [0.4, 0.5) is 0 Å². The fourth-order valence-electron chi connectivity index (χ4n) is 1.25. The molecule has 0 spiro atoms. The molecule has 1 rings (SSSR count). The van der Waals surface area contributed by atoms with E-state index in [4.69, 9.17) is 11.5 Å². The van der Waals surface area contributed by atoms with Crippen molar-refractivity contribution in [1.82, 2.24) is 14.9 Å². The molecule has 0 amide bonds. The van der Waals surface area contributed by atoms with Gasteiger partial charge >= 0.3 is 0 Å². The normalized spacial score (nSPS) is 10.8. The van der Waals surface area contributed by atoms with Gasteiger partial charge in [-0.05, 0) is 6.07 Å². The van der Waals surface area contributed by atoms with Crippen LogP contribution in [0.25, 0.3) is 0 Å². The second kappa shape index (κ2) is 6.42. The van der Waals surface area contributed by atoms with Crippen LogP contribution >= 0.6 is 0 Å². The van der Waals surface area contributed by atoms with E-state index in [9.17, 15) is 0 Å². The molecule has 1 aromatic heterocycles. The summed E-state index contributed by atoms with van der Waals surface area (Å²) in [6.07, 6.45) is 3.48. The van der Waals surface area contributed by atoms with E-state index < -0.39 is 0 Å². The summed E-state index contributed by atoms with van der Waals surface area (Å²) in [4.78, 5) is 10.4. The SMILES string of the molecule is NCCN(CCN)Cc1ncccn1. The lowest BCUT2D eigenvalue weighted by Gasteiger charge is -2.19. The van der Waals surface area contributed by atoms with Gasteiger partial charge in [0.1, 0.15) is 5.82 Å². The van der Waals surface area contributed by atoms with Crippen LogP contribution in [0, 0.1) is 0 Å². The van der Waals surface area contributed by atoms with Crippen molar-refractivity contribution in [3.05, 3.63) is 24.3 Å². The predicted octanol–water partition coefficient (Wildman–Crippen LogP) is -0.804. The van der Waals surface area contributed by atoms with E-state index in [0.717, 1.165) is 25.5 Å². The molecule has 14 heavy (non-hydrogen) atoms. The van der Waals surface area contributed by atoms with Crippen molar-refractivity contribution >= 4 is 0 Å². The lowest BCUT2D eigenvalue weighted by Crippen LogP contribution is -2.33. The zero-order valence-corrected chi connectivity index (χ0v) is 8.26. The monoisotopic (exact) mass is 195 g/mol. The molecule has 5 heteroatoms. The van der Waals surface area contributed by atoms with E-state index in [2.05, 4.69) is 14.9 Å². The predicted molar refractivity (Wildman–Crippen MR) is 55.4 cm³/mol. The van der Waals surface area contributed by atoms with Crippen molar-refractivity contribution in [2.75, 3.05) is 26.2 Å². The van der Waals surface area contributed by atoms with Gasteiger partial charge < -0.3 is 11.5 Å². The summed E-state index contributed by atoms with van der Waals surface area (Å²) < 4.78 is 0. The van der Waals surface area contributed by atoms with E-state index in [1.807, 2.05) is 0 Å². The third-order valence-electron chi connectivity index (χ3n) is 1.87. The maximum Gasteiger partial charge on any atom is 0.142 e. The molecule has 0 saturated heterocycles. The Balaban J connectivity index is 2.46.